The predicted molar refractivity (Wildman–Crippen MR) is 106 cm³/mol. The van der Waals surface area contributed by atoms with E-state index < -0.39 is 12.1 Å². The van der Waals surface area contributed by atoms with E-state index in [1.54, 1.807) is 41.3 Å². The first-order chi connectivity index (χ1) is 14.0. The maximum absolute atomic E-state index is 13.2. The van der Waals surface area contributed by atoms with Gasteiger partial charge in [0.15, 0.2) is 0 Å². The van der Waals surface area contributed by atoms with Crippen LogP contribution in [-0.4, -0.2) is 47.7 Å². The monoisotopic (exact) mass is 401 g/mol. The molecule has 2 aromatic rings. The second-order valence-corrected chi connectivity index (χ2v) is 6.78. The lowest BCUT2D eigenvalue weighted by molar-refractivity contribution is -0.155. The largest absolute Gasteiger partial charge is 0.386 e. The molecule has 1 aliphatic heterocycles. The van der Waals surface area contributed by atoms with E-state index in [1.807, 2.05) is 6.92 Å². The minimum Gasteiger partial charge on any atom is -0.386 e. The molecule has 0 unspecified atom stereocenters. The number of amides is 3. The van der Waals surface area contributed by atoms with Crippen molar-refractivity contribution in [2.24, 2.45) is 0 Å². The zero-order valence-corrected chi connectivity index (χ0v) is 16.1. The molecule has 8 heteroatoms. The summed E-state index contributed by atoms with van der Waals surface area (Å²) in [7, 11) is 0. The highest BCUT2D eigenvalue weighted by molar-refractivity contribution is 5.89. The first kappa shape index (κ1) is 20.8. The highest BCUT2D eigenvalue weighted by Crippen LogP contribution is 2.26. The number of anilines is 1. The van der Waals surface area contributed by atoms with Crippen LogP contribution in [0.4, 0.5) is 14.9 Å². The minimum absolute atomic E-state index is 0.0557. The summed E-state index contributed by atoms with van der Waals surface area (Å²) >= 11 is 0. The molecule has 1 saturated heterocycles. The number of benzene rings is 2. The van der Waals surface area contributed by atoms with Crippen LogP contribution in [0.1, 0.15) is 24.2 Å². The number of urea groups is 1. The number of halogens is 1. The number of nitrogens with one attached hydrogen (secondary N) is 2. The number of rotatable bonds is 6. The van der Waals surface area contributed by atoms with Crippen molar-refractivity contribution in [3.8, 4) is 0 Å². The summed E-state index contributed by atoms with van der Waals surface area (Å²) in [4.78, 5) is 25.6. The topological polar surface area (TPSA) is 90.9 Å². The normalized spacial score (nSPS) is 17.7. The summed E-state index contributed by atoms with van der Waals surface area (Å²) in [5, 5.41) is 16.2. The molecule has 0 aliphatic carbocycles. The summed E-state index contributed by atoms with van der Waals surface area (Å²) in [5.74, 6) is -0.584. The minimum atomic E-state index is -0.974. The molecule has 1 heterocycles. The van der Waals surface area contributed by atoms with Crippen molar-refractivity contribution in [1.29, 1.82) is 0 Å². The summed E-state index contributed by atoms with van der Waals surface area (Å²) in [6.07, 6.45) is -0.974. The molecule has 3 amide bonds. The van der Waals surface area contributed by atoms with Crippen LogP contribution in [0.3, 0.4) is 0 Å². The van der Waals surface area contributed by atoms with Crippen molar-refractivity contribution in [3.63, 3.8) is 0 Å². The van der Waals surface area contributed by atoms with E-state index in [0.29, 0.717) is 17.8 Å². The predicted octanol–water partition coefficient (Wildman–Crippen LogP) is 2.43. The summed E-state index contributed by atoms with van der Waals surface area (Å²) in [5.41, 5.74) is 1.95. The number of carbonyl (C=O) groups is 2. The number of hydrogen-bond acceptors (Lipinski definition) is 4. The third-order valence-electron chi connectivity index (χ3n) is 4.71. The lowest BCUT2D eigenvalue weighted by Crippen LogP contribution is -2.51. The quantitative estimate of drug-likeness (QED) is 0.693. The SMILES string of the molecule is CCNC(=O)Nc1ccc([C@@H](O)[C@H]2COCC(=O)N2Cc2ccc(F)cc2)cc1. The van der Waals surface area contributed by atoms with E-state index in [-0.39, 0.29) is 37.5 Å². The van der Waals surface area contributed by atoms with Crippen molar-refractivity contribution >= 4 is 17.6 Å². The Hall–Kier alpha value is -2.97. The Morgan fingerprint density at radius 1 is 1.24 bits per heavy atom. The number of morpholine rings is 1. The van der Waals surface area contributed by atoms with Crippen molar-refractivity contribution < 1.29 is 23.8 Å². The molecule has 1 aliphatic rings. The average molecular weight is 401 g/mol. The van der Waals surface area contributed by atoms with Gasteiger partial charge in [-0.25, -0.2) is 9.18 Å². The zero-order valence-electron chi connectivity index (χ0n) is 16.1. The Balaban J connectivity index is 1.72. The van der Waals surface area contributed by atoms with Crippen molar-refractivity contribution in [3.05, 3.63) is 65.5 Å². The molecule has 29 heavy (non-hydrogen) atoms. The molecule has 3 rings (SSSR count). The molecule has 0 spiro atoms. The smallest absolute Gasteiger partial charge is 0.319 e. The first-order valence-electron chi connectivity index (χ1n) is 9.42. The standard InChI is InChI=1S/C21H24FN3O4/c1-2-23-21(28)24-17-9-5-15(6-10-17)20(27)18-12-29-13-19(26)25(18)11-14-3-7-16(22)8-4-14/h3-10,18,20,27H,2,11-13H2,1H3,(H2,23,24,28)/t18-,20-/m1/s1. The van der Waals surface area contributed by atoms with Crippen LogP contribution in [0, 0.1) is 5.82 Å². The maximum Gasteiger partial charge on any atom is 0.319 e. The van der Waals surface area contributed by atoms with Crippen molar-refractivity contribution in [2.45, 2.75) is 25.6 Å². The molecule has 7 nitrogen and oxygen atoms in total. The van der Waals surface area contributed by atoms with E-state index in [1.165, 1.54) is 12.1 Å². The van der Waals surface area contributed by atoms with Gasteiger partial charge >= 0.3 is 6.03 Å². The number of aliphatic hydroxyl groups is 1. The molecule has 3 N–H and O–H groups in total. The van der Waals surface area contributed by atoms with Crippen LogP contribution in [0.2, 0.25) is 0 Å². The molecule has 2 atom stereocenters. The lowest BCUT2D eigenvalue weighted by Gasteiger charge is -2.38. The van der Waals surface area contributed by atoms with Gasteiger partial charge in [-0.05, 0) is 42.3 Å². The first-order valence-corrected chi connectivity index (χ1v) is 9.42. The average Bonchev–Trinajstić information content (AvgIpc) is 2.71. The van der Waals surface area contributed by atoms with Crippen LogP contribution in [-0.2, 0) is 16.1 Å². The molecular weight excluding hydrogens is 377 g/mol. The second-order valence-electron chi connectivity index (χ2n) is 6.78. The van der Waals surface area contributed by atoms with Gasteiger partial charge in [0, 0.05) is 18.8 Å². The fraction of sp³-hybridized carbons (Fsp3) is 0.333. The van der Waals surface area contributed by atoms with Crippen LogP contribution in [0.25, 0.3) is 0 Å². The number of aliphatic hydroxyl groups excluding tert-OH is 1. The summed E-state index contributed by atoms with van der Waals surface area (Å²) in [6, 6.07) is 11.8. The third-order valence-corrected chi connectivity index (χ3v) is 4.71. The molecule has 154 valence electrons. The second kappa shape index (κ2) is 9.49. The highest BCUT2D eigenvalue weighted by atomic mass is 19.1. The van der Waals surface area contributed by atoms with Crippen LogP contribution >= 0.6 is 0 Å². The van der Waals surface area contributed by atoms with E-state index in [0.717, 1.165) is 5.56 Å². The number of ether oxygens (including phenoxy) is 1. The van der Waals surface area contributed by atoms with Gasteiger partial charge in [-0.1, -0.05) is 24.3 Å². The van der Waals surface area contributed by atoms with E-state index >= 15 is 0 Å². The fourth-order valence-corrected chi connectivity index (χ4v) is 3.20. The number of hydrogen-bond donors (Lipinski definition) is 3. The molecular formula is C21H24FN3O4. The Morgan fingerprint density at radius 3 is 2.59 bits per heavy atom. The van der Waals surface area contributed by atoms with Crippen LogP contribution in [0.5, 0.6) is 0 Å². The Bertz CT molecular complexity index is 842. The Morgan fingerprint density at radius 2 is 1.93 bits per heavy atom. The van der Waals surface area contributed by atoms with Crippen molar-refractivity contribution in [1.82, 2.24) is 10.2 Å². The van der Waals surface area contributed by atoms with Gasteiger partial charge in [-0.2, -0.15) is 0 Å². The number of carbonyl (C=O) groups excluding carboxylic acids is 2. The molecule has 1 fully saturated rings. The fourth-order valence-electron chi connectivity index (χ4n) is 3.20. The van der Waals surface area contributed by atoms with Crippen LogP contribution < -0.4 is 10.6 Å². The van der Waals surface area contributed by atoms with Crippen LogP contribution in [0.15, 0.2) is 48.5 Å². The van der Waals surface area contributed by atoms with Gasteiger partial charge in [-0.15, -0.1) is 0 Å². The van der Waals surface area contributed by atoms with Crippen molar-refractivity contribution in [2.75, 3.05) is 25.1 Å². The van der Waals surface area contributed by atoms with E-state index in [9.17, 15) is 19.1 Å². The zero-order chi connectivity index (χ0) is 20.8. The van der Waals surface area contributed by atoms with E-state index in [2.05, 4.69) is 10.6 Å². The Kier molecular flexibility index (Phi) is 6.79. The van der Waals surface area contributed by atoms with Gasteiger partial charge in [0.05, 0.1) is 12.6 Å². The molecule has 0 saturated carbocycles. The third kappa shape index (κ3) is 5.30. The lowest BCUT2D eigenvalue weighted by atomic mass is 9.99. The highest BCUT2D eigenvalue weighted by Gasteiger charge is 2.34. The number of nitrogens with zero attached hydrogens (tertiary/aromatic N) is 1. The summed E-state index contributed by atoms with van der Waals surface area (Å²) in [6.45, 7) is 2.72. The Labute approximate surface area is 168 Å². The molecule has 0 radical (unpaired) electrons. The van der Waals surface area contributed by atoms with Gasteiger partial charge in [-0.3, -0.25) is 4.79 Å². The summed E-state index contributed by atoms with van der Waals surface area (Å²) < 4.78 is 18.5. The maximum atomic E-state index is 13.2. The van der Waals surface area contributed by atoms with E-state index in [4.69, 9.17) is 4.74 Å². The van der Waals surface area contributed by atoms with Gasteiger partial charge in [0.2, 0.25) is 5.91 Å². The molecule has 2 aromatic carbocycles. The van der Waals surface area contributed by atoms with Gasteiger partial charge < -0.3 is 25.4 Å². The molecule has 0 aromatic heterocycles. The molecule has 0 bridgehead atoms. The van der Waals surface area contributed by atoms with Gasteiger partial charge in [0.25, 0.3) is 0 Å². The van der Waals surface area contributed by atoms with Gasteiger partial charge in [0.1, 0.15) is 18.5 Å².